The van der Waals surface area contributed by atoms with Crippen LogP contribution in [-0.4, -0.2) is 11.1 Å². The monoisotopic (exact) mass is 316 g/mol. The third kappa shape index (κ3) is 4.76. The van der Waals surface area contributed by atoms with Crippen LogP contribution in [0.25, 0.3) is 0 Å². The molecule has 0 aromatic heterocycles. The molecule has 0 fully saturated rings. The summed E-state index contributed by atoms with van der Waals surface area (Å²) < 4.78 is 0. The first-order valence-electron chi connectivity index (χ1n) is 7.83. The van der Waals surface area contributed by atoms with Gasteiger partial charge >= 0.3 is 0 Å². The fourth-order valence-electron chi connectivity index (χ4n) is 2.40. The van der Waals surface area contributed by atoms with Crippen molar-refractivity contribution in [3.63, 3.8) is 0 Å². The second-order valence-corrected chi connectivity index (χ2v) is 6.30. The van der Waals surface area contributed by atoms with Crippen LogP contribution in [0.15, 0.2) is 70.9 Å². The maximum Gasteiger partial charge on any atom is 0.168 e. The van der Waals surface area contributed by atoms with E-state index in [1.165, 1.54) is 0 Å². The van der Waals surface area contributed by atoms with E-state index in [1.54, 1.807) is 13.8 Å². The molecule has 0 aliphatic heterocycles. The third-order valence-electron chi connectivity index (χ3n) is 3.76. The summed E-state index contributed by atoms with van der Waals surface area (Å²) in [6.45, 7) is 3.48. The average molecular weight is 316 g/mol. The van der Waals surface area contributed by atoms with Crippen LogP contribution in [0.3, 0.4) is 0 Å². The summed E-state index contributed by atoms with van der Waals surface area (Å²) in [6, 6.07) is 23.8. The zero-order valence-corrected chi connectivity index (χ0v) is 14.0. The Kier molecular flexibility index (Phi) is 5.45. The molecular weight excluding hydrogens is 296 g/mol. The Morgan fingerprint density at radius 3 is 1.33 bits per heavy atom. The number of benzene rings is 2. The molecule has 0 spiro atoms. The normalized spacial score (nSPS) is 15.8. The van der Waals surface area contributed by atoms with Gasteiger partial charge in [-0.25, -0.2) is 0 Å². The topological polar surface area (TPSA) is 72.3 Å². The summed E-state index contributed by atoms with van der Waals surface area (Å²) in [5.41, 5.74) is 0.0520. The van der Waals surface area contributed by atoms with E-state index in [2.05, 4.69) is 22.4 Å². The zero-order valence-electron chi connectivity index (χ0n) is 14.0. The number of hydrogen-bond acceptors (Lipinski definition) is 4. The van der Waals surface area contributed by atoms with Crippen molar-refractivity contribution in [2.75, 3.05) is 0 Å². The Morgan fingerprint density at radius 2 is 1.04 bits per heavy atom. The lowest BCUT2D eigenvalue weighted by molar-refractivity contribution is 0.486. The average Bonchev–Trinajstić information content (AvgIpc) is 2.62. The molecule has 2 atom stereocenters. The molecule has 0 saturated carbocycles. The number of azo groups is 1. The van der Waals surface area contributed by atoms with Gasteiger partial charge in [0.25, 0.3) is 0 Å². The Morgan fingerprint density at radius 1 is 0.708 bits per heavy atom. The highest BCUT2D eigenvalue weighted by Gasteiger charge is 2.29. The minimum atomic E-state index is -0.990. The van der Waals surface area contributed by atoms with Gasteiger partial charge in [0, 0.05) is 12.8 Å². The molecule has 0 heterocycles. The van der Waals surface area contributed by atoms with Crippen molar-refractivity contribution in [2.24, 2.45) is 10.2 Å². The fourth-order valence-corrected chi connectivity index (χ4v) is 2.40. The summed E-state index contributed by atoms with van der Waals surface area (Å²) in [7, 11) is 0. The van der Waals surface area contributed by atoms with E-state index in [0.717, 1.165) is 11.1 Å². The SMILES string of the molecule is CC(C#N)(Cc1ccccc1)N=NC(C)(C#N)Cc1ccccc1. The van der Waals surface area contributed by atoms with E-state index >= 15 is 0 Å². The second kappa shape index (κ2) is 7.53. The molecule has 120 valence electrons. The zero-order chi connectivity index (χ0) is 17.5. The highest BCUT2D eigenvalue weighted by molar-refractivity contribution is 5.23. The summed E-state index contributed by atoms with van der Waals surface area (Å²) >= 11 is 0. The van der Waals surface area contributed by atoms with Gasteiger partial charge in [-0.1, -0.05) is 60.7 Å². The van der Waals surface area contributed by atoms with E-state index in [1.807, 2.05) is 60.7 Å². The standard InChI is InChI=1S/C20H20N4/c1-19(15-21,13-17-9-5-3-6-10-17)23-24-20(2,16-22)14-18-11-7-4-8-12-18/h3-12H,13-14H2,1-2H3. The minimum Gasteiger partial charge on any atom is -0.196 e. The Bertz CT molecular complexity index is 703. The number of nitrogens with zero attached hydrogens (tertiary/aromatic N) is 4. The van der Waals surface area contributed by atoms with Gasteiger partial charge in [-0.15, -0.1) is 0 Å². The lowest BCUT2D eigenvalue weighted by Crippen LogP contribution is -2.27. The van der Waals surface area contributed by atoms with Gasteiger partial charge in [0.05, 0.1) is 12.1 Å². The molecule has 0 saturated heterocycles. The smallest absolute Gasteiger partial charge is 0.168 e. The summed E-state index contributed by atoms with van der Waals surface area (Å²) in [4.78, 5) is 0. The molecular formula is C20H20N4. The van der Waals surface area contributed by atoms with Gasteiger partial charge in [-0.05, 0) is 25.0 Å². The molecule has 0 aliphatic rings. The lowest BCUT2D eigenvalue weighted by atomic mass is 9.94. The number of nitriles is 2. The van der Waals surface area contributed by atoms with Gasteiger partial charge in [0.1, 0.15) is 0 Å². The maximum absolute atomic E-state index is 9.52. The van der Waals surface area contributed by atoms with Gasteiger partial charge in [-0.3, -0.25) is 0 Å². The van der Waals surface area contributed by atoms with Crippen molar-refractivity contribution in [1.82, 2.24) is 0 Å². The van der Waals surface area contributed by atoms with Crippen molar-refractivity contribution in [3.05, 3.63) is 71.8 Å². The summed E-state index contributed by atoms with van der Waals surface area (Å²) in [5, 5.41) is 27.5. The molecule has 24 heavy (non-hydrogen) atoms. The van der Waals surface area contributed by atoms with Crippen molar-refractivity contribution in [3.8, 4) is 12.1 Å². The van der Waals surface area contributed by atoms with Crippen molar-refractivity contribution >= 4 is 0 Å². The van der Waals surface area contributed by atoms with Crippen LogP contribution < -0.4 is 0 Å². The molecule has 0 radical (unpaired) electrons. The van der Waals surface area contributed by atoms with E-state index in [-0.39, 0.29) is 0 Å². The van der Waals surface area contributed by atoms with Crippen molar-refractivity contribution in [1.29, 1.82) is 10.5 Å². The molecule has 0 N–H and O–H groups in total. The summed E-state index contributed by atoms with van der Waals surface area (Å²) in [6.07, 6.45) is 0.918. The van der Waals surface area contributed by atoms with Crippen molar-refractivity contribution in [2.45, 2.75) is 37.8 Å². The van der Waals surface area contributed by atoms with Crippen LogP contribution in [0.2, 0.25) is 0 Å². The van der Waals surface area contributed by atoms with Gasteiger partial charge in [0.15, 0.2) is 11.1 Å². The highest BCUT2D eigenvalue weighted by atomic mass is 15.2. The largest absolute Gasteiger partial charge is 0.196 e. The van der Waals surface area contributed by atoms with E-state index in [4.69, 9.17) is 0 Å². The first-order valence-corrected chi connectivity index (χ1v) is 7.83. The molecule has 4 heteroatoms. The number of hydrogen-bond donors (Lipinski definition) is 0. The van der Waals surface area contributed by atoms with Crippen LogP contribution in [0.5, 0.6) is 0 Å². The fraction of sp³-hybridized carbons (Fsp3) is 0.300. The van der Waals surface area contributed by atoms with Gasteiger partial charge < -0.3 is 0 Å². The van der Waals surface area contributed by atoms with Crippen molar-refractivity contribution < 1.29 is 0 Å². The Labute approximate surface area is 143 Å². The van der Waals surface area contributed by atoms with Crippen LogP contribution in [0, 0.1) is 22.7 Å². The molecule has 2 aromatic rings. The third-order valence-corrected chi connectivity index (χ3v) is 3.76. The van der Waals surface area contributed by atoms with Crippen LogP contribution in [0.1, 0.15) is 25.0 Å². The summed E-state index contributed by atoms with van der Waals surface area (Å²) in [5.74, 6) is 0. The molecule has 0 aliphatic carbocycles. The molecule has 0 amide bonds. The Hall–Kier alpha value is -2.98. The number of rotatable bonds is 6. The molecule has 0 bridgehead atoms. The predicted octanol–water partition coefficient (Wildman–Crippen LogP) is 4.49. The van der Waals surface area contributed by atoms with E-state index in [0.29, 0.717) is 12.8 Å². The maximum atomic E-state index is 9.52. The second-order valence-electron chi connectivity index (χ2n) is 6.30. The van der Waals surface area contributed by atoms with Crippen LogP contribution >= 0.6 is 0 Å². The van der Waals surface area contributed by atoms with E-state index < -0.39 is 11.1 Å². The first-order chi connectivity index (χ1) is 11.5. The molecule has 2 unspecified atom stereocenters. The minimum absolute atomic E-state index is 0.459. The highest BCUT2D eigenvalue weighted by Crippen LogP contribution is 2.23. The van der Waals surface area contributed by atoms with Gasteiger partial charge in [-0.2, -0.15) is 20.8 Å². The Balaban J connectivity index is 2.18. The van der Waals surface area contributed by atoms with E-state index in [9.17, 15) is 10.5 Å². The molecule has 2 aromatic carbocycles. The molecule has 4 nitrogen and oxygen atoms in total. The lowest BCUT2D eigenvalue weighted by Gasteiger charge is -2.20. The molecule has 2 rings (SSSR count). The first kappa shape index (κ1) is 17.4. The predicted molar refractivity (Wildman–Crippen MR) is 93.2 cm³/mol. The van der Waals surface area contributed by atoms with Crippen LogP contribution in [0.4, 0.5) is 0 Å². The van der Waals surface area contributed by atoms with Gasteiger partial charge in [0.2, 0.25) is 0 Å². The quantitative estimate of drug-likeness (QED) is 0.737. The van der Waals surface area contributed by atoms with Crippen LogP contribution in [-0.2, 0) is 12.8 Å².